The van der Waals surface area contributed by atoms with Crippen molar-refractivity contribution in [1.29, 1.82) is 0 Å². The van der Waals surface area contributed by atoms with Crippen LogP contribution >= 0.6 is 0 Å². The van der Waals surface area contributed by atoms with Crippen LogP contribution in [0.4, 0.5) is 0 Å². The molecule has 0 rings (SSSR count). The Kier molecular flexibility index (Phi) is 19.1. The third-order valence-corrected chi connectivity index (χ3v) is 6.57. The molecule has 0 N–H and O–H groups in total. The lowest BCUT2D eigenvalue weighted by atomic mass is 9.84. The zero-order valence-corrected chi connectivity index (χ0v) is 29.3. The quantitative estimate of drug-likeness (QED) is 0.0646. The second-order valence-corrected chi connectivity index (χ2v) is 11.6. The van der Waals surface area contributed by atoms with E-state index in [4.69, 9.17) is 28.4 Å². The van der Waals surface area contributed by atoms with E-state index >= 15 is 0 Å². The third-order valence-electron chi connectivity index (χ3n) is 6.57. The first-order valence-corrected chi connectivity index (χ1v) is 15.3. The minimum absolute atomic E-state index is 0.159. The van der Waals surface area contributed by atoms with E-state index in [9.17, 15) is 28.8 Å². The van der Waals surface area contributed by atoms with E-state index in [0.29, 0.717) is 5.57 Å². The molecule has 5 atom stereocenters. The summed E-state index contributed by atoms with van der Waals surface area (Å²) in [5.41, 5.74) is -3.84. The normalized spacial score (nSPS) is 15.5. The molecule has 0 heterocycles. The van der Waals surface area contributed by atoms with Crippen molar-refractivity contribution in [3.8, 4) is 0 Å². The highest BCUT2D eigenvalue weighted by atomic mass is 16.6. The van der Waals surface area contributed by atoms with Crippen LogP contribution in [0.2, 0.25) is 0 Å². The Balaban J connectivity index is 7.54. The second kappa shape index (κ2) is 21.2. The molecule has 0 aliphatic heterocycles. The SMILES string of the molecule is C=CCC(C)OC(=O)C(C=C(C)C(OC(=O)C(C)(C=CC)O[C]=O)C(=O)OCCC(=C)C)(C(=O)OCC=C(C)C)C(=O)OCC(C)C=C. The van der Waals surface area contributed by atoms with Crippen LogP contribution in [-0.4, -0.2) is 73.9 Å². The number of carbonyl (C=O) groups is 5. The van der Waals surface area contributed by atoms with Gasteiger partial charge in [0.2, 0.25) is 11.7 Å². The maximum atomic E-state index is 13.9. The second-order valence-electron chi connectivity index (χ2n) is 11.6. The molecule has 12 heteroatoms. The summed E-state index contributed by atoms with van der Waals surface area (Å²) in [6.45, 7) is 23.7. The van der Waals surface area contributed by atoms with E-state index in [1.807, 2.05) is 0 Å². The Labute approximate surface area is 283 Å². The Bertz CT molecular complexity index is 1290. The summed E-state index contributed by atoms with van der Waals surface area (Å²) in [6.07, 6.45) is 5.46. The van der Waals surface area contributed by atoms with E-state index in [0.717, 1.165) is 11.6 Å². The summed E-state index contributed by atoms with van der Waals surface area (Å²) in [6, 6.07) is 0. The fourth-order valence-electron chi connectivity index (χ4n) is 3.69. The van der Waals surface area contributed by atoms with E-state index in [-0.39, 0.29) is 44.2 Å². The fourth-order valence-corrected chi connectivity index (χ4v) is 3.69. The molecular weight excluding hydrogens is 624 g/mol. The number of rotatable bonds is 22. The first-order valence-electron chi connectivity index (χ1n) is 15.3. The molecule has 0 spiro atoms. The first-order chi connectivity index (χ1) is 22.4. The number of ether oxygens (including phenoxy) is 6. The number of esters is 5. The predicted octanol–water partition coefficient (Wildman–Crippen LogP) is 5.14. The summed E-state index contributed by atoms with van der Waals surface area (Å²) in [5, 5.41) is 0. The molecule has 0 aromatic heterocycles. The Morgan fingerprint density at radius 3 is 2.04 bits per heavy atom. The van der Waals surface area contributed by atoms with Crippen LogP contribution in [0.15, 0.2) is 72.9 Å². The van der Waals surface area contributed by atoms with Gasteiger partial charge in [-0.15, -0.1) is 19.7 Å². The summed E-state index contributed by atoms with van der Waals surface area (Å²) in [4.78, 5) is 79.5. The van der Waals surface area contributed by atoms with Crippen molar-refractivity contribution < 1.29 is 57.2 Å². The Morgan fingerprint density at radius 2 is 1.52 bits per heavy atom. The highest BCUT2D eigenvalue weighted by Gasteiger charge is 2.57. The van der Waals surface area contributed by atoms with Gasteiger partial charge in [0.25, 0.3) is 5.41 Å². The first kappa shape index (κ1) is 43.3. The van der Waals surface area contributed by atoms with Gasteiger partial charge in [-0.1, -0.05) is 36.3 Å². The maximum absolute atomic E-state index is 13.9. The number of allylic oxidation sites excluding steroid dienone is 2. The molecule has 265 valence electrons. The van der Waals surface area contributed by atoms with Crippen molar-refractivity contribution in [1.82, 2.24) is 0 Å². The molecule has 0 aromatic rings. The maximum Gasteiger partial charge on any atom is 0.418 e. The predicted molar refractivity (Wildman–Crippen MR) is 178 cm³/mol. The van der Waals surface area contributed by atoms with Crippen LogP contribution in [0.3, 0.4) is 0 Å². The largest absolute Gasteiger partial charge is 0.464 e. The van der Waals surface area contributed by atoms with Crippen molar-refractivity contribution >= 4 is 36.3 Å². The number of hydrogen-bond donors (Lipinski definition) is 0. The smallest absolute Gasteiger partial charge is 0.418 e. The van der Waals surface area contributed by atoms with Gasteiger partial charge in [0.1, 0.15) is 12.7 Å². The summed E-state index contributed by atoms with van der Waals surface area (Å²) in [5.74, 6) is -6.90. The molecule has 5 unspecified atom stereocenters. The van der Waals surface area contributed by atoms with Gasteiger partial charge in [-0.25, -0.2) is 28.8 Å². The molecule has 0 aliphatic rings. The van der Waals surface area contributed by atoms with Gasteiger partial charge in [0.05, 0.1) is 13.2 Å². The Hall–Kier alpha value is -4.74. The van der Waals surface area contributed by atoms with Crippen LogP contribution in [-0.2, 0) is 57.2 Å². The van der Waals surface area contributed by atoms with E-state index in [1.54, 1.807) is 34.6 Å². The van der Waals surface area contributed by atoms with Crippen molar-refractivity contribution in [2.45, 2.75) is 86.0 Å². The van der Waals surface area contributed by atoms with Crippen LogP contribution in [0.1, 0.15) is 68.2 Å². The molecule has 0 amide bonds. The zero-order valence-electron chi connectivity index (χ0n) is 29.3. The zero-order chi connectivity index (χ0) is 37.1. The van der Waals surface area contributed by atoms with E-state index < -0.39 is 53.1 Å². The van der Waals surface area contributed by atoms with Crippen molar-refractivity contribution in [3.63, 3.8) is 0 Å². The molecule has 0 aliphatic carbocycles. The molecule has 0 saturated heterocycles. The average Bonchev–Trinajstić information content (AvgIpc) is 3.00. The lowest BCUT2D eigenvalue weighted by Crippen LogP contribution is -2.50. The molecule has 0 fully saturated rings. The van der Waals surface area contributed by atoms with Gasteiger partial charge < -0.3 is 28.4 Å². The monoisotopic (exact) mass is 673 g/mol. The van der Waals surface area contributed by atoms with E-state index in [2.05, 4.69) is 19.7 Å². The minimum Gasteiger partial charge on any atom is -0.464 e. The highest BCUT2D eigenvalue weighted by Crippen LogP contribution is 2.31. The number of hydrogen-bond acceptors (Lipinski definition) is 12. The van der Waals surface area contributed by atoms with E-state index in [1.165, 1.54) is 57.6 Å². The van der Waals surface area contributed by atoms with Crippen molar-refractivity contribution in [2.24, 2.45) is 11.3 Å². The lowest BCUT2D eigenvalue weighted by molar-refractivity contribution is -0.182. The average molecular weight is 674 g/mol. The highest BCUT2D eigenvalue weighted by molar-refractivity contribution is 6.20. The molecular formula is C36H49O12. The number of carbonyl (C=O) groups excluding carboxylic acids is 6. The summed E-state index contributed by atoms with van der Waals surface area (Å²) >= 11 is 0. The molecule has 0 bridgehead atoms. The van der Waals surface area contributed by atoms with Crippen molar-refractivity contribution in [3.05, 3.63) is 72.9 Å². The topological polar surface area (TPSA) is 158 Å². The third kappa shape index (κ3) is 13.5. The van der Waals surface area contributed by atoms with Crippen LogP contribution in [0.25, 0.3) is 0 Å². The van der Waals surface area contributed by atoms with Crippen LogP contribution in [0, 0.1) is 11.3 Å². The van der Waals surface area contributed by atoms with Gasteiger partial charge >= 0.3 is 36.3 Å². The van der Waals surface area contributed by atoms with Gasteiger partial charge in [0, 0.05) is 18.8 Å². The van der Waals surface area contributed by atoms with Crippen LogP contribution < -0.4 is 0 Å². The molecule has 12 nitrogen and oxygen atoms in total. The van der Waals surface area contributed by atoms with Gasteiger partial charge in [-0.3, -0.25) is 0 Å². The molecule has 0 aromatic carbocycles. The van der Waals surface area contributed by atoms with Gasteiger partial charge in [0.15, 0.2) is 0 Å². The lowest BCUT2D eigenvalue weighted by Gasteiger charge is -2.29. The summed E-state index contributed by atoms with van der Waals surface area (Å²) < 4.78 is 31.9. The fraction of sp³-hybridized carbons (Fsp3) is 0.500. The minimum atomic E-state index is -2.95. The van der Waals surface area contributed by atoms with Crippen molar-refractivity contribution in [2.75, 3.05) is 19.8 Å². The summed E-state index contributed by atoms with van der Waals surface area (Å²) in [7, 11) is 0. The van der Waals surface area contributed by atoms with Gasteiger partial charge in [-0.05, 0) is 72.3 Å². The Morgan fingerprint density at radius 1 is 0.896 bits per heavy atom. The molecule has 1 radical (unpaired) electrons. The van der Waals surface area contributed by atoms with Gasteiger partial charge in [-0.2, -0.15) is 0 Å². The standard InChI is InChI=1S/C36H49O12/c1-12-15-28(10)47-34(42)36(32(40)44-20-17-25(6)7,33(41)45-22-26(8)14-3)21-27(9)29(30(38)43-19-16-24(4)5)48-31(39)35(11,18-13-2)46-23-37/h12-14,17-18,21,26,28-29H,1,3-4,15-16,19-20,22H2,2,5-11H3. The molecule has 0 saturated carbocycles. The molecule has 48 heavy (non-hydrogen) atoms. The van der Waals surface area contributed by atoms with Crippen LogP contribution in [0.5, 0.6) is 0 Å².